The monoisotopic (exact) mass is 515 g/mol. The number of halogens is 1. The molecule has 2 aromatic carbocycles. The molecule has 4 aromatic rings. The second-order valence-corrected chi connectivity index (χ2v) is 11.5. The van der Waals surface area contributed by atoms with Gasteiger partial charge in [-0.25, -0.2) is 13.4 Å². The van der Waals surface area contributed by atoms with Crippen molar-refractivity contribution in [1.29, 1.82) is 0 Å². The Morgan fingerprint density at radius 3 is 2.47 bits per heavy atom. The molecule has 3 heterocycles. The van der Waals surface area contributed by atoms with E-state index in [9.17, 15) is 13.2 Å². The lowest BCUT2D eigenvalue weighted by Gasteiger charge is -2.33. The minimum absolute atomic E-state index is 0.223. The average Bonchev–Trinajstić information content (AvgIpc) is 3.25. The first kappa shape index (κ1) is 23.1. The van der Waals surface area contributed by atoms with Gasteiger partial charge in [0.15, 0.2) is 0 Å². The summed E-state index contributed by atoms with van der Waals surface area (Å²) in [6.45, 7) is 4.31. The fourth-order valence-electron chi connectivity index (χ4n) is 3.94. The summed E-state index contributed by atoms with van der Waals surface area (Å²) in [6.07, 6.45) is 0. The van der Waals surface area contributed by atoms with Gasteiger partial charge in [-0.05, 0) is 37.3 Å². The van der Waals surface area contributed by atoms with Crippen molar-refractivity contribution in [2.24, 2.45) is 0 Å². The second kappa shape index (κ2) is 9.20. The Labute approximate surface area is 206 Å². The molecule has 0 saturated carbocycles. The fraction of sp³-hybridized carbons (Fsp3) is 0.261. The molecule has 11 heteroatoms. The molecule has 1 aliphatic rings. The molecular formula is C23H22ClN5O3S2. The van der Waals surface area contributed by atoms with Gasteiger partial charge in [-0.2, -0.15) is 13.9 Å². The van der Waals surface area contributed by atoms with E-state index in [1.54, 1.807) is 12.1 Å². The van der Waals surface area contributed by atoms with Crippen LogP contribution in [0.25, 0.3) is 15.5 Å². The third-order valence-corrected chi connectivity index (χ3v) is 8.85. The van der Waals surface area contributed by atoms with Crippen LogP contribution in [0.3, 0.4) is 0 Å². The highest BCUT2D eigenvalue weighted by Gasteiger charge is 2.28. The molecule has 0 radical (unpaired) electrons. The second-order valence-electron chi connectivity index (χ2n) is 8.19. The predicted molar refractivity (Wildman–Crippen MR) is 133 cm³/mol. The minimum atomic E-state index is -3.56. The molecule has 0 amide bonds. The summed E-state index contributed by atoms with van der Waals surface area (Å²) in [4.78, 5) is 20.2. The topological polar surface area (TPSA) is 87.9 Å². The third kappa shape index (κ3) is 4.64. The molecule has 0 bridgehead atoms. The van der Waals surface area contributed by atoms with Crippen LogP contribution in [0.15, 0.2) is 64.3 Å². The zero-order valence-corrected chi connectivity index (χ0v) is 20.8. The zero-order valence-electron chi connectivity index (χ0n) is 18.4. The SMILES string of the molecule is Cc1cccc(-c2nn3c(=O)cc(CN4CCN(S(=O)(=O)c5ccc(Cl)cc5)CC4)nc3s2)c1. The molecule has 0 atom stereocenters. The van der Waals surface area contributed by atoms with Gasteiger partial charge in [0.25, 0.3) is 5.56 Å². The number of fused-ring (bicyclic) bond motifs is 1. The van der Waals surface area contributed by atoms with E-state index in [1.165, 1.54) is 38.4 Å². The number of rotatable bonds is 5. The molecule has 176 valence electrons. The van der Waals surface area contributed by atoms with Crippen LogP contribution < -0.4 is 5.56 Å². The Hall–Kier alpha value is -2.63. The van der Waals surface area contributed by atoms with E-state index in [0.717, 1.165) is 16.1 Å². The van der Waals surface area contributed by atoms with E-state index < -0.39 is 10.0 Å². The number of hydrogen-bond donors (Lipinski definition) is 0. The van der Waals surface area contributed by atoms with Gasteiger partial charge in [0.1, 0.15) is 5.01 Å². The van der Waals surface area contributed by atoms with E-state index in [-0.39, 0.29) is 10.5 Å². The largest absolute Gasteiger partial charge is 0.295 e. The first-order chi connectivity index (χ1) is 16.3. The molecule has 0 aliphatic carbocycles. The maximum atomic E-state index is 12.9. The fourth-order valence-corrected chi connectivity index (χ4v) is 6.41. The van der Waals surface area contributed by atoms with Crippen molar-refractivity contribution >= 4 is 37.9 Å². The Morgan fingerprint density at radius 2 is 1.76 bits per heavy atom. The summed E-state index contributed by atoms with van der Waals surface area (Å²) in [7, 11) is -3.56. The molecule has 2 aromatic heterocycles. The highest BCUT2D eigenvalue weighted by atomic mass is 35.5. The van der Waals surface area contributed by atoms with Crippen molar-refractivity contribution in [3.05, 3.63) is 81.2 Å². The molecule has 0 spiro atoms. The molecule has 8 nitrogen and oxygen atoms in total. The Kier molecular flexibility index (Phi) is 6.26. The zero-order chi connectivity index (χ0) is 23.9. The van der Waals surface area contributed by atoms with Gasteiger partial charge in [-0.15, -0.1) is 0 Å². The number of hydrogen-bond acceptors (Lipinski definition) is 7. The van der Waals surface area contributed by atoms with Gasteiger partial charge >= 0.3 is 0 Å². The van der Waals surface area contributed by atoms with E-state index in [2.05, 4.69) is 15.0 Å². The number of piperazine rings is 1. The summed E-state index contributed by atoms with van der Waals surface area (Å²) in [5.41, 5.74) is 2.50. The van der Waals surface area contributed by atoms with Crippen molar-refractivity contribution < 1.29 is 8.42 Å². The summed E-state index contributed by atoms with van der Waals surface area (Å²) < 4.78 is 28.6. The third-order valence-electron chi connectivity index (χ3n) is 5.73. The number of benzene rings is 2. The first-order valence-corrected chi connectivity index (χ1v) is 13.4. The van der Waals surface area contributed by atoms with Crippen LogP contribution in [0.2, 0.25) is 5.02 Å². The molecule has 0 N–H and O–H groups in total. The summed E-state index contributed by atoms with van der Waals surface area (Å²) in [5.74, 6) is 0. The Balaban J connectivity index is 1.30. The summed E-state index contributed by atoms with van der Waals surface area (Å²) in [6, 6.07) is 15.7. The van der Waals surface area contributed by atoms with Crippen molar-refractivity contribution in [2.45, 2.75) is 18.4 Å². The van der Waals surface area contributed by atoms with Crippen molar-refractivity contribution in [2.75, 3.05) is 26.2 Å². The molecule has 1 fully saturated rings. The van der Waals surface area contributed by atoms with Gasteiger partial charge in [0.05, 0.1) is 10.6 Å². The highest BCUT2D eigenvalue weighted by molar-refractivity contribution is 7.89. The van der Waals surface area contributed by atoms with Gasteiger partial charge in [0, 0.05) is 49.4 Å². The van der Waals surface area contributed by atoms with E-state index in [1.807, 2.05) is 31.2 Å². The van der Waals surface area contributed by atoms with Crippen LogP contribution in [0.5, 0.6) is 0 Å². The quantitative estimate of drug-likeness (QED) is 0.405. The smallest absolute Gasteiger partial charge is 0.275 e. The first-order valence-electron chi connectivity index (χ1n) is 10.7. The number of aryl methyl sites for hydroxylation is 1. The standard InChI is InChI=1S/C23H22ClN5O3S2/c1-16-3-2-4-17(13-16)22-26-29-21(30)14-19(25-23(29)33-22)15-27-9-11-28(12-10-27)34(31,32)20-7-5-18(24)6-8-20/h2-8,13-14H,9-12,15H2,1H3. The Bertz CT molecular complexity index is 1510. The van der Waals surface area contributed by atoms with Crippen molar-refractivity contribution in [3.8, 4) is 10.6 Å². The highest BCUT2D eigenvalue weighted by Crippen LogP contribution is 2.25. The summed E-state index contributed by atoms with van der Waals surface area (Å²) >= 11 is 7.26. The molecule has 1 saturated heterocycles. The molecular weight excluding hydrogens is 494 g/mol. The lowest BCUT2D eigenvalue weighted by atomic mass is 10.1. The lowest BCUT2D eigenvalue weighted by molar-refractivity contribution is 0.180. The molecule has 1 aliphatic heterocycles. The van der Waals surface area contributed by atoms with Gasteiger partial charge in [-0.1, -0.05) is 46.7 Å². The van der Waals surface area contributed by atoms with Crippen LogP contribution in [0.1, 0.15) is 11.3 Å². The van der Waals surface area contributed by atoms with Gasteiger partial charge in [0.2, 0.25) is 15.0 Å². The normalized spacial score (nSPS) is 15.7. The minimum Gasteiger partial charge on any atom is -0.295 e. The summed E-state index contributed by atoms with van der Waals surface area (Å²) in [5, 5.41) is 5.69. The lowest BCUT2D eigenvalue weighted by Crippen LogP contribution is -2.48. The number of sulfonamides is 1. The van der Waals surface area contributed by atoms with E-state index in [4.69, 9.17) is 11.6 Å². The average molecular weight is 516 g/mol. The van der Waals surface area contributed by atoms with Crippen LogP contribution in [-0.4, -0.2) is 58.4 Å². The van der Waals surface area contributed by atoms with E-state index in [0.29, 0.717) is 48.4 Å². The van der Waals surface area contributed by atoms with Crippen LogP contribution in [0, 0.1) is 6.92 Å². The van der Waals surface area contributed by atoms with Gasteiger partial charge < -0.3 is 0 Å². The maximum absolute atomic E-state index is 12.9. The van der Waals surface area contributed by atoms with Crippen LogP contribution in [-0.2, 0) is 16.6 Å². The van der Waals surface area contributed by atoms with Crippen LogP contribution in [0.4, 0.5) is 0 Å². The number of aromatic nitrogens is 3. The molecule has 34 heavy (non-hydrogen) atoms. The maximum Gasteiger partial charge on any atom is 0.275 e. The molecule has 0 unspecified atom stereocenters. The van der Waals surface area contributed by atoms with Crippen molar-refractivity contribution in [1.82, 2.24) is 23.8 Å². The number of nitrogens with zero attached hydrogens (tertiary/aromatic N) is 5. The predicted octanol–water partition coefficient (Wildman–Crippen LogP) is 3.29. The van der Waals surface area contributed by atoms with E-state index >= 15 is 0 Å². The van der Waals surface area contributed by atoms with Crippen molar-refractivity contribution in [3.63, 3.8) is 0 Å². The molecule has 5 rings (SSSR count). The van der Waals surface area contributed by atoms with Gasteiger partial charge in [-0.3, -0.25) is 9.69 Å². The van der Waals surface area contributed by atoms with Crippen LogP contribution >= 0.6 is 22.9 Å². The Morgan fingerprint density at radius 1 is 1.03 bits per heavy atom.